The lowest BCUT2D eigenvalue weighted by molar-refractivity contribution is -0.763. The van der Waals surface area contributed by atoms with Gasteiger partial charge in [-0.05, 0) is 36.3 Å². The van der Waals surface area contributed by atoms with Gasteiger partial charge in [0.15, 0.2) is 0 Å². The Morgan fingerprint density at radius 2 is 2.15 bits per heavy atom. The van der Waals surface area contributed by atoms with E-state index >= 15 is 0 Å². The number of hydrogen-bond donors (Lipinski definition) is 0. The summed E-state index contributed by atoms with van der Waals surface area (Å²) in [5.74, 6) is -0.316. The fourth-order valence-electron chi connectivity index (χ4n) is 3.32. The number of anilines is 1. The number of rotatable bonds is 4. The highest BCUT2D eigenvalue weighted by Gasteiger charge is 2.44. The molecule has 0 N–H and O–H groups in total. The van der Waals surface area contributed by atoms with Gasteiger partial charge in [0.2, 0.25) is 5.91 Å². The zero-order valence-electron chi connectivity index (χ0n) is 15.0. The highest BCUT2D eigenvalue weighted by molar-refractivity contribution is 7.98. The van der Waals surface area contributed by atoms with E-state index in [2.05, 4.69) is 10.1 Å². The van der Waals surface area contributed by atoms with E-state index in [1.54, 1.807) is 20.9 Å². The Morgan fingerprint density at radius 3 is 2.85 bits per heavy atom. The number of thiophene rings is 1. The molecule has 1 atom stereocenters. The first-order valence-electron chi connectivity index (χ1n) is 8.65. The fraction of sp³-hybridized carbons (Fsp3) is 0.263. The monoisotopic (exact) mass is 398 g/mol. The molecule has 0 spiro atoms. The first kappa shape index (κ1) is 17.9. The van der Waals surface area contributed by atoms with E-state index < -0.39 is 6.17 Å². The Balaban J connectivity index is 2.04. The lowest BCUT2D eigenvalue weighted by atomic mass is 10.0. The van der Waals surface area contributed by atoms with E-state index in [-0.39, 0.29) is 11.8 Å². The summed E-state index contributed by atoms with van der Waals surface area (Å²) in [7, 11) is 0. The average Bonchev–Trinajstić information content (AvgIpc) is 3.20. The van der Waals surface area contributed by atoms with Crippen LogP contribution < -0.4 is 14.7 Å². The van der Waals surface area contributed by atoms with E-state index in [1.165, 1.54) is 11.8 Å². The molecule has 0 aliphatic carbocycles. The van der Waals surface area contributed by atoms with Crippen molar-refractivity contribution < 1.29 is 14.6 Å². The Kier molecular flexibility index (Phi) is 4.84. The molecule has 27 heavy (non-hydrogen) atoms. The van der Waals surface area contributed by atoms with Crippen LogP contribution in [-0.4, -0.2) is 22.2 Å². The maximum absolute atomic E-state index is 13.1. The second kappa shape index (κ2) is 7.28. The highest BCUT2D eigenvalue weighted by atomic mass is 32.2. The van der Waals surface area contributed by atoms with E-state index in [0.717, 1.165) is 17.0 Å². The Bertz CT molecular complexity index is 991. The van der Waals surface area contributed by atoms with Gasteiger partial charge in [0, 0.05) is 11.5 Å². The SMILES string of the molecule is CCCC(=O)N1c2ccccc2-c2c([O-])nc(SC)n[n+]2C1c1cccs1. The third-order valence-corrected chi connectivity index (χ3v) is 5.88. The van der Waals surface area contributed by atoms with Crippen LogP contribution in [0.25, 0.3) is 11.3 Å². The summed E-state index contributed by atoms with van der Waals surface area (Å²) in [6.45, 7) is 1.98. The van der Waals surface area contributed by atoms with Crippen molar-refractivity contribution >= 4 is 34.7 Å². The van der Waals surface area contributed by atoms with Crippen molar-refractivity contribution in [2.75, 3.05) is 11.2 Å². The van der Waals surface area contributed by atoms with Crippen LogP contribution in [0.5, 0.6) is 5.88 Å². The number of carbonyl (C=O) groups excluding carboxylic acids is 1. The molecule has 4 rings (SSSR count). The molecule has 138 valence electrons. The number of aromatic nitrogens is 3. The zero-order chi connectivity index (χ0) is 19.0. The van der Waals surface area contributed by atoms with Gasteiger partial charge in [0.1, 0.15) is 0 Å². The topological polar surface area (TPSA) is 73.0 Å². The summed E-state index contributed by atoms with van der Waals surface area (Å²) in [6.07, 6.45) is 2.52. The van der Waals surface area contributed by atoms with Gasteiger partial charge in [-0.3, -0.25) is 4.79 Å². The number of thioether (sulfide) groups is 1. The third-order valence-electron chi connectivity index (χ3n) is 4.43. The summed E-state index contributed by atoms with van der Waals surface area (Å²) in [4.78, 5) is 19.9. The molecular weight excluding hydrogens is 380 g/mol. The van der Waals surface area contributed by atoms with Crippen LogP contribution in [0.3, 0.4) is 0 Å². The largest absolute Gasteiger partial charge is 0.854 e. The quantitative estimate of drug-likeness (QED) is 0.499. The molecule has 1 aromatic carbocycles. The Morgan fingerprint density at radius 1 is 1.33 bits per heavy atom. The normalized spacial score (nSPS) is 15.3. The summed E-state index contributed by atoms with van der Waals surface area (Å²) in [5, 5.41) is 19.8. The van der Waals surface area contributed by atoms with Gasteiger partial charge in [-0.1, -0.05) is 41.6 Å². The van der Waals surface area contributed by atoms with Crippen LogP contribution >= 0.6 is 23.1 Å². The molecule has 0 radical (unpaired) electrons. The van der Waals surface area contributed by atoms with Gasteiger partial charge in [0.25, 0.3) is 10.9 Å². The second-order valence-electron chi connectivity index (χ2n) is 6.12. The molecule has 3 heterocycles. The Labute approximate surface area is 165 Å². The van der Waals surface area contributed by atoms with Crippen molar-refractivity contribution in [2.24, 2.45) is 0 Å². The van der Waals surface area contributed by atoms with Crippen molar-refractivity contribution in [1.29, 1.82) is 0 Å². The molecule has 0 saturated carbocycles. The molecular formula is C19H18N4O2S2. The maximum atomic E-state index is 13.1. The summed E-state index contributed by atoms with van der Waals surface area (Å²) >= 11 is 2.86. The van der Waals surface area contributed by atoms with Crippen molar-refractivity contribution in [3.63, 3.8) is 0 Å². The van der Waals surface area contributed by atoms with Crippen LogP contribution in [-0.2, 0) is 4.79 Å². The minimum Gasteiger partial charge on any atom is -0.854 e. The van der Waals surface area contributed by atoms with Gasteiger partial charge in [-0.25, -0.2) is 9.88 Å². The molecule has 1 amide bonds. The molecule has 0 fully saturated rings. The highest BCUT2D eigenvalue weighted by Crippen LogP contribution is 2.41. The fourth-order valence-corrected chi connectivity index (χ4v) is 4.46. The minimum atomic E-state index is -0.490. The average molecular weight is 399 g/mol. The molecule has 6 nitrogen and oxygen atoms in total. The predicted octanol–water partition coefficient (Wildman–Crippen LogP) is 2.98. The van der Waals surface area contributed by atoms with Gasteiger partial charge in [-0.2, -0.15) is 0 Å². The van der Waals surface area contributed by atoms with Crippen molar-refractivity contribution in [2.45, 2.75) is 31.1 Å². The zero-order valence-corrected chi connectivity index (χ0v) is 16.6. The third kappa shape index (κ3) is 2.98. The summed E-state index contributed by atoms with van der Waals surface area (Å²) < 4.78 is 1.67. The summed E-state index contributed by atoms with van der Waals surface area (Å²) in [6, 6.07) is 11.4. The van der Waals surface area contributed by atoms with Crippen LogP contribution in [0.1, 0.15) is 30.8 Å². The number of fused-ring (bicyclic) bond motifs is 3. The van der Waals surface area contributed by atoms with Crippen LogP contribution in [0.2, 0.25) is 0 Å². The van der Waals surface area contributed by atoms with E-state index in [9.17, 15) is 9.90 Å². The first-order valence-corrected chi connectivity index (χ1v) is 10.8. The van der Waals surface area contributed by atoms with Crippen LogP contribution in [0.4, 0.5) is 5.69 Å². The van der Waals surface area contributed by atoms with E-state index in [4.69, 9.17) is 0 Å². The number of para-hydroxylation sites is 1. The first-order chi connectivity index (χ1) is 13.2. The molecule has 0 saturated heterocycles. The number of benzene rings is 1. The minimum absolute atomic E-state index is 0.0123. The predicted molar refractivity (Wildman–Crippen MR) is 104 cm³/mol. The van der Waals surface area contributed by atoms with Crippen LogP contribution in [0.15, 0.2) is 46.9 Å². The molecule has 1 aliphatic heterocycles. The lowest BCUT2D eigenvalue weighted by Gasteiger charge is -2.32. The molecule has 8 heteroatoms. The van der Waals surface area contributed by atoms with E-state index in [1.807, 2.05) is 55.0 Å². The van der Waals surface area contributed by atoms with Crippen molar-refractivity contribution in [3.8, 4) is 17.1 Å². The van der Waals surface area contributed by atoms with Gasteiger partial charge >= 0.3 is 6.17 Å². The smallest absolute Gasteiger partial charge is 0.302 e. The number of hydrogen-bond acceptors (Lipinski definition) is 6. The molecule has 3 aromatic rings. The lowest BCUT2D eigenvalue weighted by Crippen LogP contribution is -2.58. The maximum Gasteiger partial charge on any atom is 0.302 e. The molecule has 2 aromatic heterocycles. The van der Waals surface area contributed by atoms with Crippen molar-refractivity contribution in [1.82, 2.24) is 10.1 Å². The van der Waals surface area contributed by atoms with Crippen LogP contribution in [0, 0.1) is 0 Å². The summed E-state index contributed by atoms with van der Waals surface area (Å²) in [5.41, 5.74) is 1.83. The standard InChI is InChI=1S/C19H18N4O2S2/c1-3-7-15(24)22-13-9-5-4-8-12(13)16-17(25)20-19(26-2)21-23(16)18(22)14-10-6-11-27-14/h4-6,8-11,18H,3,7H2,1-2H3. The van der Waals surface area contributed by atoms with Gasteiger partial charge in [-0.15, -0.1) is 11.3 Å². The van der Waals surface area contributed by atoms with Gasteiger partial charge in [0.05, 0.1) is 22.0 Å². The number of nitrogens with zero attached hydrogens (tertiary/aromatic N) is 4. The second-order valence-corrected chi connectivity index (χ2v) is 7.87. The molecule has 1 aliphatic rings. The van der Waals surface area contributed by atoms with Gasteiger partial charge < -0.3 is 5.11 Å². The number of amides is 1. The van der Waals surface area contributed by atoms with E-state index in [0.29, 0.717) is 22.8 Å². The van der Waals surface area contributed by atoms with Crippen molar-refractivity contribution in [3.05, 3.63) is 46.7 Å². The number of carbonyl (C=O) groups is 1. The molecule has 1 unspecified atom stereocenters. The Hall–Kier alpha value is -2.45. The molecule has 0 bridgehead atoms.